The lowest BCUT2D eigenvalue weighted by Crippen LogP contribution is -2.37. The molecule has 0 aliphatic heterocycles. The molecule has 1 saturated carbocycles. The molecule has 114 valence electrons. The number of anilines is 1. The van der Waals surface area contributed by atoms with E-state index in [1.807, 2.05) is 13.0 Å². The number of rotatable bonds is 4. The lowest BCUT2D eigenvalue weighted by atomic mass is 9.79. The number of carbonyl (C=O) groups is 2. The molecular formula is C16H22N2O3. The maximum atomic E-state index is 12.1. The van der Waals surface area contributed by atoms with Gasteiger partial charge < -0.3 is 16.2 Å². The topological polar surface area (TPSA) is 92.4 Å². The highest BCUT2D eigenvalue weighted by Gasteiger charge is 2.30. The molecule has 4 N–H and O–H groups in total. The molecule has 2 unspecified atom stereocenters. The van der Waals surface area contributed by atoms with Gasteiger partial charge in [0.15, 0.2) is 0 Å². The number of carboxylic acid groups (broad SMARTS) is 1. The summed E-state index contributed by atoms with van der Waals surface area (Å²) in [5.74, 6) is -1.28. The van der Waals surface area contributed by atoms with Gasteiger partial charge in [-0.15, -0.1) is 0 Å². The second kappa shape index (κ2) is 6.61. The Balaban J connectivity index is 1.96. The van der Waals surface area contributed by atoms with E-state index in [0.29, 0.717) is 24.2 Å². The first kappa shape index (κ1) is 15.4. The largest absolute Gasteiger partial charge is 0.481 e. The summed E-state index contributed by atoms with van der Waals surface area (Å²) in [6, 6.07) is 5.20. The highest BCUT2D eigenvalue weighted by molar-refractivity contribution is 5.95. The van der Waals surface area contributed by atoms with E-state index in [-0.39, 0.29) is 17.7 Å². The number of aryl methyl sites for hydroxylation is 1. The second-order valence-corrected chi connectivity index (χ2v) is 5.77. The number of hydrogen-bond acceptors (Lipinski definition) is 3. The number of aliphatic carboxylic acids is 1. The van der Waals surface area contributed by atoms with Crippen molar-refractivity contribution in [2.75, 3.05) is 12.3 Å². The third kappa shape index (κ3) is 3.74. The van der Waals surface area contributed by atoms with Crippen LogP contribution in [-0.2, 0) is 4.79 Å². The molecule has 1 amide bonds. The number of nitrogen functional groups attached to an aromatic ring is 1. The van der Waals surface area contributed by atoms with E-state index in [9.17, 15) is 14.7 Å². The first-order valence-corrected chi connectivity index (χ1v) is 7.36. The molecule has 0 spiro atoms. The summed E-state index contributed by atoms with van der Waals surface area (Å²) in [6.07, 6.45) is 3.54. The van der Waals surface area contributed by atoms with Crippen molar-refractivity contribution >= 4 is 17.6 Å². The van der Waals surface area contributed by atoms with Gasteiger partial charge in [-0.3, -0.25) is 9.59 Å². The third-order valence-corrected chi connectivity index (χ3v) is 4.29. The molecular weight excluding hydrogens is 268 g/mol. The van der Waals surface area contributed by atoms with Crippen molar-refractivity contribution in [2.45, 2.75) is 32.6 Å². The average Bonchev–Trinajstić information content (AvgIpc) is 2.47. The summed E-state index contributed by atoms with van der Waals surface area (Å²) in [5, 5.41) is 12.1. The van der Waals surface area contributed by atoms with Crippen molar-refractivity contribution in [3.63, 3.8) is 0 Å². The molecule has 5 heteroatoms. The fourth-order valence-electron chi connectivity index (χ4n) is 2.88. The van der Waals surface area contributed by atoms with Gasteiger partial charge in [0.1, 0.15) is 0 Å². The predicted octanol–water partition coefficient (Wildman–Crippen LogP) is 2.20. The minimum absolute atomic E-state index is 0.0167. The third-order valence-electron chi connectivity index (χ3n) is 4.29. The molecule has 2 rings (SSSR count). The number of nitrogens with one attached hydrogen (secondary N) is 1. The monoisotopic (exact) mass is 290 g/mol. The molecule has 2 atom stereocenters. The van der Waals surface area contributed by atoms with Gasteiger partial charge >= 0.3 is 5.97 Å². The van der Waals surface area contributed by atoms with Crippen LogP contribution >= 0.6 is 0 Å². The molecule has 5 nitrogen and oxygen atoms in total. The Morgan fingerprint density at radius 2 is 2.05 bits per heavy atom. The highest BCUT2D eigenvalue weighted by Crippen LogP contribution is 2.29. The molecule has 1 aliphatic rings. The van der Waals surface area contributed by atoms with E-state index in [1.54, 1.807) is 12.1 Å². The van der Waals surface area contributed by atoms with Crippen molar-refractivity contribution < 1.29 is 14.7 Å². The van der Waals surface area contributed by atoms with Crippen LogP contribution in [0.2, 0.25) is 0 Å². The fraction of sp³-hybridized carbons (Fsp3) is 0.500. The Bertz CT molecular complexity index is 542. The van der Waals surface area contributed by atoms with E-state index in [0.717, 1.165) is 24.8 Å². The van der Waals surface area contributed by atoms with Gasteiger partial charge in [0.25, 0.3) is 5.91 Å². The number of amides is 1. The molecule has 1 aliphatic carbocycles. The summed E-state index contributed by atoms with van der Waals surface area (Å²) in [4.78, 5) is 23.3. The van der Waals surface area contributed by atoms with Crippen molar-refractivity contribution in [3.05, 3.63) is 29.3 Å². The Morgan fingerprint density at radius 1 is 1.33 bits per heavy atom. The van der Waals surface area contributed by atoms with Crippen molar-refractivity contribution in [2.24, 2.45) is 11.8 Å². The zero-order valence-corrected chi connectivity index (χ0v) is 12.3. The van der Waals surface area contributed by atoms with Crippen LogP contribution in [0.5, 0.6) is 0 Å². The predicted molar refractivity (Wildman–Crippen MR) is 81.0 cm³/mol. The minimum Gasteiger partial charge on any atom is -0.481 e. The van der Waals surface area contributed by atoms with Gasteiger partial charge in [-0.25, -0.2) is 0 Å². The lowest BCUT2D eigenvalue weighted by Gasteiger charge is -2.28. The van der Waals surface area contributed by atoms with Gasteiger partial charge in [-0.1, -0.05) is 18.9 Å². The molecule has 21 heavy (non-hydrogen) atoms. The normalized spacial score (nSPS) is 21.8. The van der Waals surface area contributed by atoms with E-state index >= 15 is 0 Å². The van der Waals surface area contributed by atoms with Gasteiger partial charge in [0.2, 0.25) is 0 Å². The van der Waals surface area contributed by atoms with E-state index in [1.165, 1.54) is 0 Å². The van der Waals surface area contributed by atoms with Crippen molar-refractivity contribution in [1.29, 1.82) is 0 Å². The highest BCUT2D eigenvalue weighted by atomic mass is 16.4. The first-order chi connectivity index (χ1) is 9.99. The standard InChI is InChI=1S/C16H22N2O3/c1-10-6-7-11(8-14(10)17)15(19)18-9-12-4-2-3-5-13(12)16(20)21/h6-8,12-13H,2-5,9,17H2,1H3,(H,18,19)(H,20,21). The number of carbonyl (C=O) groups excluding carboxylic acids is 1. The molecule has 1 fully saturated rings. The van der Waals surface area contributed by atoms with Crippen LogP contribution in [0.15, 0.2) is 18.2 Å². The summed E-state index contributed by atoms with van der Waals surface area (Å²) in [5.41, 5.74) is 7.84. The van der Waals surface area contributed by atoms with E-state index in [4.69, 9.17) is 5.73 Å². The van der Waals surface area contributed by atoms with E-state index in [2.05, 4.69) is 5.32 Å². The Morgan fingerprint density at radius 3 is 2.71 bits per heavy atom. The molecule has 0 aromatic heterocycles. The summed E-state index contributed by atoms with van der Waals surface area (Å²) < 4.78 is 0. The second-order valence-electron chi connectivity index (χ2n) is 5.77. The van der Waals surface area contributed by atoms with Crippen molar-refractivity contribution in [3.8, 4) is 0 Å². The quantitative estimate of drug-likeness (QED) is 0.741. The summed E-state index contributed by atoms with van der Waals surface area (Å²) in [6.45, 7) is 2.29. The van der Waals surface area contributed by atoms with Crippen LogP contribution in [0.25, 0.3) is 0 Å². The van der Waals surface area contributed by atoms with E-state index < -0.39 is 5.97 Å². The number of benzene rings is 1. The van der Waals surface area contributed by atoms with Gasteiger partial charge in [-0.05, 0) is 43.4 Å². The smallest absolute Gasteiger partial charge is 0.306 e. The van der Waals surface area contributed by atoms with Gasteiger partial charge in [-0.2, -0.15) is 0 Å². The number of carboxylic acids is 1. The molecule has 0 radical (unpaired) electrons. The molecule has 0 heterocycles. The summed E-state index contributed by atoms with van der Waals surface area (Å²) in [7, 11) is 0. The fourth-order valence-corrected chi connectivity index (χ4v) is 2.88. The Kier molecular flexibility index (Phi) is 4.83. The first-order valence-electron chi connectivity index (χ1n) is 7.36. The zero-order valence-electron chi connectivity index (χ0n) is 12.3. The zero-order chi connectivity index (χ0) is 15.4. The van der Waals surface area contributed by atoms with Crippen LogP contribution in [0.3, 0.4) is 0 Å². The number of nitrogens with two attached hydrogens (primary N) is 1. The average molecular weight is 290 g/mol. The van der Waals surface area contributed by atoms with Crippen LogP contribution in [0.4, 0.5) is 5.69 Å². The minimum atomic E-state index is -0.756. The Labute approximate surface area is 124 Å². The molecule has 1 aromatic carbocycles. The van der Waals surface area contributed by atoms with Crippen LogP contribution in [0, 0.1) is 18.8 Å². The van der Waals surface area contributed by atoms with Crippen LogP contribution in [0.1, 0.15) is 41.6 Å². The maximum Gasteiger partial charge on any atom is 0.306 e. The Hall–Kier alpha value is -2.04. The van der Waals surface area contributed by atoms with Crippen LogP contribution in [-0.4, -0.2) is 23.5 Å². The summed E-state index contributed by atoms with van der Waals surface area (Å²) >= 11 is 0. The van der Waals surface area contributed by atoms with Gasteiger partial charge in [0, 0.05) is 17.8 Å². The van der Waals surface area contributed by atoms with Gasteiger partial charge in [0.05, 0.1) is 5.92 Å². The number of hydrogen-bond donors (Lipinski definition) is 3. The lowest BCUT2D eigenvalue weighted by molar-refractivity contribution is -0.144. The molecule has 0 saturated heterocycles. The maximum absolute atomic E-state index is 12.1. The molecule has 1 aromatic rings. The van der Waals surface area contributed by atoms with Crippen LogP contribution < -0.4 is 11.1 Å². The SMILES string of the molecule is Cc1ccc(C(=O)NCC2CCCCC2C(=O)O)cc1N. The van der Waals surface area contributed by atoms with Crippen molar-refractivity contribution in [1.82, 2.24) is 5.32 Å². The molecule has 0 bridgehead atoms.